The van der Waals surface area contributed by atoms with Crippen LogP contribution in [0.15, 0.2) is 60.3 Å². The van der Waals surface area contributed by atoms with Gasteiger partial charge in [-0.25, -0.2) is 0 Å². The number of nitrogens with zero attached hydrogens (tertiary/aromatic N) is 1. The van der Waals surface area contributed by atoms with E-state index in [0.29, 0.717) is 0 Å². The lowest BCUT2D eigenvalue weighted by atomic mass is 9.92. The van der Waals surface area contributed by atoms with Crippen molar-refractivity contribution >= 4 is 17.7 Å². The number of carboxylic acid groups (broad SMARTS) is 1. The molecule has 0 aromatic heterocycles. The molecule has 0 spiro atoms. The average Bonchev–Trinajstić information content (AvgIpc) is 2.84. The average molecular weight is 327 g/mol. The maximum atomic E-state index is 10.7. The second-order valence-electron chi connectivity index (χ2n) is 6.30. The number of aliphatic carboxylic acids is 1. The molecule has 1 aliphatic heterocycles. The fourth-order valence-corrected chi connectivity index (χ4v) is 3.92. The summed E-state index contributed by atoms with van der Waals surface area (Å²) in [7, 11) is 0. The fourth-order valence-electron chi connectivity index (χ4n) is 3.02. The lowest BCUT2D eigenvalue weighted by Gasteiger charge is -2.25. The predicted octanol–water partition coefficient (Wildman–Crippen LogP) is 3.84. The minimum Gasteiger partial charge on any atom is -0.481 e. The van der Waals surface area contributed by atoms with Crippen molar-refractivity contribution < 1.29 is 9.90 Å². The number of allylic oxidation sites excluding steroid dienone is 5. The highest BCUT2D eigenvalue weighted by Crippen LogP contribution is 2.33. The van der Waals surface area contributed by atoms with Gasteiger partial charge in [0, 0.05) is 30.0 Å². The summed E-state index contributed by atoms with van der Waals surface area (Å²) in [6.07, 6.45) is 10.7. The molecule has 0 saturated heterocycles. The van der Waals surface area contributed by atoms with Gasteiger partial charge in [0.15, 0.2) is 0 Å². The van der Waals surface area contributed by atoms with Gasteiger partial charge in [0.1, 0.15) is 0 Å². The first-order chi connectivity index (χ1) is 11.1. The maximum Gasteiger partial charge on any atom is 0.313 e. The predicted molar refractivity (Wildman–Crippen MR) is 95.1 cm³/mol. The van der Waals surface area contributed by atoms with E-state index in [-0.39, 0.29) is 11.2 Å². The summed E-state index contributed by atoms with van der Waals surface area (Å²) in [5.41, 5.74) is 3.86. The zero-order chi connectivity index (χ0) is 16.3. The van der Waals surface area contributed by atoms with E-state index in [0.717, 1.165) is 18.8 Å². The number of thioether (sulfide) groups is 1. The summed E-state index contributed by atoms with van der Waals surface area (Å²) < 4.78 is 0. The molecular formula is C19H21NO2S. The van der Waals surface area contributed by atoms with Gasteiger partial charge in [0.2, 0.25) is 0 Å². The van der Waals surface area contributed by atoms with Crippen LogP contribution in [0.3, 0.4) is 0 Å². The zero-order valence-electron chi connectivity index (χ0n) is 13.2. The molecule has 23 heavy (non-hydrogen) atoms. The summed E-state index contributed by atoms with van der Waals surface area (Å²) in [5, 5.41) is 8.83. The number of benzene rings is 1. The van der Waals surface area contributed by atoms with Crippen molar-refractivity contribution in [1.82, 2.24) is 4.90 Å². The molecule has 120 valence electrons. The van der Waals surface area contributed by atoms with Crippen molar-refractivity contribution in [1.29, 1.82) is 0 Å². The Kier molecular flexibility index (Phi) is 4.62. The number of carboxylic acids is 1. The number of carbonyl (C=O) groups is 1. The van der Waals surface area contributed by atoms with Crippen molar-refractivity contribution in [2.45, 2.75) is 20.0 Å². The van der Waals surface area contributed by atoms with Gasteiger partial charge in [0.05, 0.1) is 5.75 Å². The number of hydrogen-bond acceptors (Lipinski definition) is 3. The van der Waals surface area contributed by atoms with Crippen molar-refractivity contribution in [3.63, 3.8) is 0 Å². The Hall–Kier alpha value is -1.94. The molecule has 0 amide bonds. The van der Waals surface area contributed by atoms with Crippen LogP contribution in [-0.2, 0) is 17.9 Å². The normalized spacial score (nSPS) is 22.7. The highest BCUT2D eigenvalue weighted by Gasteiger charge is 2.25. The first-order valence-electron chi connectivity index (χ1n) is 7.76. The van der Waals surface area contributed by atoms with Crippen LogP contribution in [0.2, 0.25) is 0 Å². The standard InChI is InChI=1S/C19H21NO2S/c1-19(14-23-13-18(21)22)9-5-4-8-17(10-19)20-11-15-6-2-3-7-16(15)12-20/h2-10H,11-14H2,1H3,(H,21,22). The lowest BCUT2D eigenvalue weighted by Crippen LogP contribution is -2.20. The molecule has 2 aliphatic rings. The van der Waals surface area contributed by atoms with Crippen molar-refractivity contribution in [3.8, 4) is 0 Å². The first kappa shape index (κ1) is 15.9. The fraction of sp³-hybridized carbons (Fsp3) is 0.316. The second-order valence-corrected chi connectivity index (χ2v) is 7.29. The molecule has 0 saturated carbocycles. The molecule has 1 atom stereocenters. The summed E-state index contributed by atoms with van der Waals surface area (Å²) in [6.45, 7) is 4.03. The first-order valence-corrected chi connectivity index (χ1v) is 8.91. The van der Waals surface area contributed by atoms with Crippen molar-refractivity contribution in [3.05, 3.63) is 71.5 Å². The highest BCUT2D eigenvalue weighted by molar-refractivity contribution is 7.99. The molecule has 3 rings (SSSR count). The summed E-state index contributed by atoms with van der Waals surface area (Å²) in [5.74, 6) is 0.158. The quantitative estimate of drug-likeness (QED) is 0.892. The van der Waals surface area contributed by atoms with E-state index in [1.165, 1.54) is 28.6 Å². The maximum absolute atomic E-state index is 10.7. The van der Waals surface area contributed by atoms with Crippen LogP contribution >= 0.6 is 11.8 Å². The molecule has 1 heterocycles. The molecule has 1 aromatic rings. The Morgan fingerprint density at radius 2 is 1.96 bits per heavy atom. The van der Waals surface area contributed by atoms with Gasteiger partial charge in [-0.3, -0.25) is 4.79 Å². The number of hydrogen-bond donors (Lipinski definition) is 1. The Bertz CT molecular complexity index is 667. The van der Waals surface area contributed by atoms with Crippen molar-refractivity contribution in [2.75, 3.05) is 11.5 Å². The minimum atomic E-state index is -0.756. The largest absolute Gasteiger partial charge is 0.481 e. The van der Waals surface area contributed by atoms with E-state index in [1.807, 2.05) is 0 Å². The molecule has 1 aliphatic carbocycles. The van der Waals surface area contributed by atoms with Crippen LogP contribution in [0.5, 0.6) is 0 Å². The third-order valence-electron chi connectivity index (χ3n) is 4.18. The molecule has 1 N–H and O–H groups in total. The van der Waals surface area contributed by atoms with E-state index in [1.54, 1.807) is 0 Å². The summed E-state index contributed by atoms with van der Waals surface area (Å²) in [4.78, 5) is 13.1. The van der Waals surface area contributed by atoms with Crippen LogP contribution in [0.1, 0.15) is 18.1 Å². The van der Waals surface area contributed by atoms with Crippen LogP contribution in [0, 0.1) is 5.41 Å². The molecule has 4 heteroatoms. The van der Waals surface area contributed by atoms with Gasteiger partial charge < -0.3 is 10.0 Å². The van der Waals surface area contributed by atoms with Gasteiger partial charge in [-0.15, -0.1) is 11.8 Å². The molecule has 3 nitrogen and oxygen atoms in total. The Balaban J connectivity index is 1.75. The summed E-state index contributed by atoms with van der Waals surface area (Å²) >= 11 is 1.47. The Labute approximate surface area is 141 Å². The minimum absolute atomic E-state index is 0.131. The Morgan fingerprint density at radius 3 is 2.61 bits per heavy atom. The van der Waals surface area contributed by atoms with Gasteiger partial charge in [-0.2, -0.15) is 0 Å². The van der Waals surface area contributed by atoms with Crippen LogP contribution in [0.25, 0.3) is 0 Å². The monoisotopic (exact) mass is 327 g/mol. The SMILES string of the molecule is CC1(CSCC(=O)O)C=CC=CC(N2Cc3ccccc3C2)=C1. The van der Waals surface area contributed by atoms with E-state index >= 15 is 0 Å². The second kappa shape index (κ2) is 6.67. The van der Waals surface area contributed by atoms with Crippen LogP contribution in [-0.4, -0.2) is 27.5 Å². The Morgan fingerprint density at radius 1 is 1.26 bits per heavy atom. The van der Waals surface area contributed by atoms with Gasteiger partial charge in [0.25, 0.3) is 0 Å². The van der Waals surface area contributed by atoms with Gasteiger partial charge in [-0.1, -0.05) is 55.5 Å². The smallest absolute Gasteiger partial charge is 0.313 e. The molecule has 0 bridgehead atoms. The zero-order valence-corrected chi connectivity index (χ0v) is 14.1. The molecule has 1 aromatic carbocycles. The topological polar surface area (TPSA) is 40.5 Å². The highest BCUT2D eigenvalue weighted by atomic mass is 32.2. The molecule has 0 radical (unpaired) electrons. The number of rotatable bonds is 5. The van der Waals surface area contributed by atoms with Crippen LogP contribution < -0.4 is 0 Å². The summed E-state index contributed by atoms with van der Waals surface area (Å²) in [6, 6.07) is 8.56. The molecule has 1 unspecified atom stereocenters. The third kappa shape index (κ3) is 3.88. The van der Waals surface area contributed by atoms with E-state index in [9.17, 15) is 4.79 Å². The molecular weight excluding hydrogens is 306 g/mol. The van der Waals surface area contributed by atoms with Gasteiger partial charge >= 0.3 is 5.97 Å². The number of fused-ring (bicyclic) bond motifs is 1. The lowest BCUT2D eigenvalue weighted by molar-refractivity contribution is -0.133. The third-order valence-corrected chi connectivity index (χ3v) is 5.45. The van der Waals surface area contributed by atoms with E-state index in [2.05, 4.69) is 66.5 Å². The van der Waals surface area contributed by atoms with Gasteiger partial charge in [-0.05, 0) is 17.2 Å². The van der Waals surface area contributed by atoms with Crippen molar-refractivity contribution in [2.24, 2.45) is 5.41 Å². The molecule has 0 fully saturated rings. The van der Waals surface area contributed by atoms with Crippen LogP contribution in [0.4, 0.5) is 0 Å². The van der Waals surface area contributed by atoms with E-state index in [4.69, 9.17) is 5.11 Å². The van der Waals surface area contributed by atoms with E-state index < -0.39 is 5.97 Å².